The summed E-state index contributed by atoms with van der Waals surface area (Å²) in [7, 11) is -0.767. The number of carbonyl (C=O) groups is 1. The molecule has 172 valence electrons. The lowest BCUT2D eigenvalue weighted by molar-refractivity contribution is -0.138. The zero-order valence-electron chi connectivity index (χ0n) is 17.9. The van der Waals surface area contributed by atoms with Gasteiger partial charge in [-0.15, -0.1) is 0 Å². The van der Waals surface area contributed by atoms with Gasteiger partial charge in [0.2, 0.25) is 15.9 Å². The SMILES string of the molecule is COc1ccc(S(=O)(=O)N2CCN(C(=O)C3COc4ccc(Cl)cc4C3)CC2)cc1OC. The number of sulfonamides is 1. The van der Waals surface area contributed by atoms with E-state index in [-0.39, 0.29) is 29.8 Å². The highest BCUT2D eigenvalue weighted by molar-refractivity contribution is 7.89. The van der Waals surface area contributed by atoms with E-state index in [0.717, 1.165) is 11.3 Å². The van der Waals surface area contributed by atoms with Crippen LogP contribution in [0.5, 0.6) is 17.2 Å². The number of benzene rings is 2. The molecule has 0 aromatic heterocycles. The lowest BCUT2D eigenvalue weighted by Crippen LogP contribution is -2.52. The average Bonchev–Trinajstić information content (AvgIpc) is 2.82. The van der Waals surface area contributed by atoms with E-state index < -0.39 is 10.0 Å². The van der Waals surface area contributed by atoms with Gasteiger partial charge < -0.3 is 19.1 Å². The second kappa shape index (κ2) is 9.17. The van der Waals surface area contributed by atoms with Crippen LogP contribution in [0.2, 0.25) is 5.02 Å². The number of piperazine rings is 1. The predicted molar refractivity (Wildman–Crippen MR) is 119 cm³/mol. The third kappa shape index (κ3) is 4.37. The first-order chi connectivity index (χ1) is 15.3. The van der Waals surface area contributed by atoms with Crippen molar-refractivity contribution in [1.82, 2.24) is 9.21 Å². The minimum atomic E-state index is -3.72. The third-order valence-electron chi connectivity index (χ3n) is 5.82. The molecule has 0 aliphatic carbocycles. The van der Waals surface area contributed by atoms with Crippen LogP contribution in [0.15, 0.2) is 41.3 Å². The Labute approximate surface area is 192 Å². The first kappa shape index (κ1) is 22.7. The minimum absolute atomic E-state index is 0.0289. The van der Waals surface area contributed by atoms with E-state index >= 15 is 0 Å². The van der Waals surface area contributed by atoms with Crippen molar-refractivity contribution in [2.24, 2.45) is 5.92 Å². The van der Waals surface area contributed by atoms with E-state index in [2.05, 4.69) is 0 Å². The third-order valence-corrected chi connectivity index (χ3v) is 7.95. The number of rotatable bonds is 5. The van der Waals surface area contributed by atoms with E-state index in [1.807, 2.05) is 12.1 Å². The molecule has 2 aliphatic rings. The van der Waals surface area contributed by atoms with Crippen LogP contribution in [-0.4, -0.2) is 70.5 Å². The van der Waals surface area contributed by atoms with Crippen molar-refractivity contribution in [2.45, 2.75) is 11.3 Å². The monoisotopic (exact) mass is 480 g/mol. The fourth-order valence-electron chi connectivity index (χ4n) is 4.05. The van der Waals surface area contributed by atoms with Gasteiger partial charge >= 0.3 is 0 Å². The van der Waals surface area contributed by atoms with E-state index in [0.29, 0.717) is 42.6 Å². The van der Waals surface area contributed by atoms with Crippen molar-refractivity contribution < 1.29 is 27.4 Å². The zero-order chi connectivity index (χ0) is 22.9. The van der Waals surface area contributed by atoms with Crippen LogP contribution >= 0.6 is 11.6 Å². The van der Waals surface area contributed by atoms with Gasteiger partial charge in [0.1, 0.15) is 12.4 Å². The van der Waals surface area contributed by atoms with Crippen LogP contribution in [0.4, 0.5) is 0 Å². The number of hydrogen-bond donors (Lipinski definition) is 0. The molecule has 2 heterocycles. The summed E-state index contributed by atoms with van der Waals surface area (Å²) < 4.78 is 43.7. The molecule has 1 unspecified atom stereocenters. The topological polar surface area (TPSA) is 85.4 Å². The summed E-state index contributed by atoms with van der Waals surface area (Å²) in [6.45, 7) is 1.39. The first-order valence-corrected chi connectivity index (χ1v) is 12.1. The summed E-state index contributed by atoms with van der Waals surface area (Å²) in [5.41, 5.74) is 0.914. The Hall–Kier alpha value is -2.49. The maximum atomic E-state index is 13.1. The van der Waals surface area contributed by atoms with Crippen molar-refractivity contribution in [1.29, 1.82) is 0 Å². The molecule has 1 fully saturated rings. The molecular weight excluding hydrogens is 456 g/mol. The highest BCUT2D eigenvalue weighted by Gasteiger charge is 2.34. The van der Waals surface area contributed by atoms with Gasteiger partial charge in [-0.2, -0.15) is 4.31 Å². The number of ether oxygens (including phenoxy) is 3. The van der Waals surface area contributed by atoms with E-state index in [1.165, 1.54) is 30.7 Å². The van der Waals surface area contributed by atoms with Crippen LogP contribution < -0.4 is 14.2 Å². The van der Waals surface area contributed by atoms with Crippen molar-refractivity contribution in [3.8, 4) is 17.2 Å². The fourth-order valence-corrected chi connectivity index (χ4v) is 5.69. The number of methoxy groups -OCH3 is 2. The molecule has 32 heavy (non-hydrogen) atoms. The number of fused-ring (bicyclic) bond motifs is 1. The standard InChI is InChI=1S/C22H25ClN2O6S/c1-29-20-6-4-18(13-21(20)30-2)32(27,28)25-9-7-24(8-10-25)22(26)16-11-15-12-17(23)3-5-19(15)31-14-16/h3-6,12-13,16H,7-11,14H2,1-2H3. The van der Waals surface area contributed by atoms with Gasteiger partial charge in [0.25, 0.3) is 0 Å². The molecule has 0 N–H and O–H groups in total. The second-order valence-electron chi connectivity index (χ2n) is 7.71. The Balaban J connectivity index is 1.41. The van der Waals surface area contributed by atoms with Gasteiger partial charge in [-0.05, 0) is 42.3 Å². The highest BCUT2D eigenvalue weighted by Crippen LogP contribution is 2.32. The fraction of sp³-hybridized carbons (Fsp3) is 0.409. The van der Waals surface area contributed by atoms with E-state index in [4.69, 9.17) is 25.8 Å². The lowest BCUT2D eigenvalue weighted by atomic mass is 9.95. The highest BCUT2D eigenvalue weighted by atomic mass is 35.5. The largest absolute Gasteiger partial charge is 0.493 e. The maximum Gasteiger partial charge on any atom is 0.243 e. The molecule has 1 atom stereocenters. The summed E-state index contributed by atoms with van der Waals surface area (Å²) in [5.74, 6) is 1.22. The molecule has 1 amide bonds. The molecule has 2 aromatic carbocycles. The Bertz CT molecular complexity index is 1120. The Kier molecular flexibility index (Phi) is 6.50. The lowest BCUT2D eigenvalue weighted by Gasteiger charge is -2.36. The molecule has 4 rings (SSSR count). The molecule has 8 nitrogen and oxygen atoms in total. The summed E-state index contributed by atoms with van der Waals surface area (Å²) in [6.07, 6.45) is 0.554. The van der Waals surface area contributed by atoms with E-state index in [1.54, 1.807) is 17.0 Å². The van der Waals surface area contributed by atoms with Gasteiger partial charge in [0, 0.05) is 37.3 Å². The number of nitrogens with zero attached hydrogens (tertiary/aromatic N) is 2. The number of halogens is 1. The van der Waals surface area contributed by atoms with Gasteiger partial charge in [0.15, 0.2) is 11.5 Å². The molecule has 0 bridgehead atoms. The van der Waals surface area contributed by atoms with Crippen LogP contribution in [0.3, 0.4) is 0 Å². The summed E-state index contributed by atoms with van der Waals surface area (Å²) in [4.78, 5) is 14.9. The molecule has 10 heteroatoms. The first-order valence-electron chi connectivity index (χ1n) is 10.3. The second-order valence-corrected chi connectivity index (χ2v) is 10.1. The molecule has 0 saturated carbocycles. The molecular formula is C22H25ClN2O6S. The Morgan fingerprint density at radius 3 is 2.44 bits per heavy atom. The zero-order valence-corrected chi connectivity index (χ0v) is 19.5. The number of amides is 1. The summed E-state index contributed by atoms with van der Waals surface area (Å²) in [5, 5.41) is 0.606. The molecule has 2 aromatic rings. The number of hydrogen-bond acceptors (Lipinski definition) is 6. The van der Waals surface area contributed by atoms with Crippen molar-refractivity contribution >= 4 is 27.5 Å². The van der Waals surface area contributed by atoms with Crippen molar-refractivity contribution in [3.05, 3.63) is 47.0 Å². The molecule has 1 saturated heterocycles. The molecule has 0 radical (unpaired) electrons. The Morgan fingerprint density at radius 1 is 1.03 bits per heavy atom. The average molecular weight is 481 g/mol. The van der Waals surface area contributed by atoms with Crippen LogP contribution in [-0.2, 0) is 21.2 Å². The van der Waals surface area contributed by atoms with Crippen LogP contribution in [0.25, 0.3) is 0 Å². The van der Waals surface area contributed by atoms with Gasteiger partial charge in [0.05, 0.1) is 25.0 Å². The van der Waals surface area contributed by atoms with Crippen molar-refractivity contribution in [3.63, 3.8) is 0 Å². The van der Waals surface area contributed by atoms with Gasteiger partial charge in [-0.1, -0.05) is 11.6 Å². The van der Waals surface area contributed by atoms with Crippen LogP contribution in [0.1, 0.15) is 5.56 Å². The normalized spacial score (nSPS) is 19.1. The summed E-state index contributed by atoms with van der Waals surface area (Å²) in [6, 6.07) is 9.92. The minimum Gasteiger partial charge on any atom is -0.493 e. The van der Waals surface area contributed by atoms with Gasteiger partial charge in [-0.25, -0.2) is 8.42 Å². The molecule has 0 spiro atoms. The maximum absolute atomic E-state index is 13.1. The van der Waals surface area contributed by atoms with Gasteiger partial charge in [-0.3, -0.25) is 4.79 Å². The quantitative estimate of drug-likeness (QED) is 0.653. The summed E-state index contributed by atoms with van der Waals surface area (Å²) >= 11 is 6.07. The van der Waals surface area contributed by atoms with Crippen LogP contribution in [0, 0.1) is 5.92 Å². The smallest absolute Gasteiger partial charge is 0.243 e. The number of carbonyl (C=O) groups excluding carboxylic acids is 1. The van der Waals surface area contributed by atoms with Crippen molar-refractivity contribution in [2.75, 3.05) is 47.0 Å². The van der Waals surface area contributed by atoms with E-state index in [9.17, 15) is 13.2 Å². The molecule has 2 aliphatic heterocycles. The Morgan fingerprint density at radius 2 is 1.75 bits per heavy atom. The predicted octanol–water partition coefficient (Wildman–Crippen LogP) is 2.44.